The molecule has 0 bridgehead atoms. The number of nitrogens with one attached hydrogen (secondary N) is 1. The summed E-state index contributed by atoms with van der Waals surface area (Å²) in [7, 11) is 0. The van der Waals surface area contributed by atoms with Crippen LogP contribution in [-0.4, -0.2) is 10.9 Å². The third-order valence-electron chi connectivity index (χ3n) is 4.13. The van der Waals surface area contributed by atoms with Gasteiger partial charge >= 0.3 is 0 Å². The maximum Gasteiger partial charge on any atom is 0.244 e. The molecule has 2 aromatic carbocycles. The Morgan fingerprint density at radius 3 is 2.68 bits per heavy atom. The fourth-order valence-corrected chi connectivity index (χ4v) is 2.62. The summed E-state index contributed by atoms with van der Waals surface area (Å²) in [6, 6.07) is 19.3. The molecule has 0 spiro atoms. The summed E-state index contributed by atoms with van der Waals surface area (Å²) in [4.78, 5) is 16.4. The van der Waals surface area contributed by atoms with Crippen molar-refractivity contribution in [1.29, 1.82) is 0 Å². The molecule has 5 heteroatoms. The van der Waals surface area contributed by atoms with Gasteiger partial charge in [0.1, 0.15) is 18.2 Å². The zero-order valence-corrected chi connectivity index (χ0v) is 15.6. The number of rotatable bonds is 7. The van der Waals surface area contributed by atoms with E-state index in [1.165, 1.54) is 18.2 Å². The molecule has 1 heterocycles. The van der Waals surface area contributed by atoms with E-state index in [1.807, 2.05) is 49.4 Å². The molecule has 0 aliphatic rings. The highest BCUT2D eigenvalue weighted by atomic mass is 19.1. The number of amides is 1. The van der Waals surface area contributed by atoms with Crippen molar-refractivity contribution in [2.24, 2.45) is 0 Å². The second kappa shape index (κ2) is 9.46. The average Bonchev–Trinajstić information content (AvgIpc) is 2.72. The molecule has 142 valence electrons. The van der Waals surface area contributed by atoms with Crippen LogP contribution < -0.4 is 10.1 Å². The molecule has 0 aliphatic heterocycles. The Morgan fingerprint density at radius 1 is 1.11 bits per heavy atom. The fraction of sp³-hybridized carbons (Fsp3) is 0.130. The van der Waals surface area contributed by atoms with E-state index in [0.29, 0.717) is 13.2 Å². The number of carbonyl (C=O) groups excluding carboxylic acids is 1. The van der Waals surface area contributed by atoms with Gasteiger partial charge in [-0.15, -0.1) is 0 Å². The molecule has 0 saturated heterocycles. The van der Waals surface area contributed by atoms with Crippen molar-refractivity contribution in [2.45, 2.75) is 20.1 Å². The van der Waals surface area contributed by atoms with Gasteiger partial charge in [0.2, 0.25) is 5.91 Å². The first kappa shape index (κ1) is 19.3. The van der Waals surface area contributed by atoms with Crippen molar-refractivity contribution in [3.8, 4) is 5.75 Å². The molecule has 0 unspecified atom stereocenters. The molecular weight excluding hydrogens is 355 g/mol. The second-order valence-electron chi connectivity index (χ2n) is 6.31. The van der Waals surface area contributed by atoms with Crippen LogP contribution in [0.2, 0.25) is 0 Å². The predicted octanol–water partition coefficient (Wildman–Crippen LogP) is 4.52. The van der Waals surface area contributed by atoms with Crippen molar-refractivity contribution < 1.29 is 13.9 Å². The number of carbonyl (C=O) groups is 1. The van der Waals surface area contributed by atoms with E-state index in [0.717, 1.165) is 28.1 Å². The topological polar surface area (TPSA) is 51.2 Å². The molecule has 1 amide bonds. The van der Waals surface area contributed by atoms with Crippen molar-refractivity contribution in [1.82, 2.24) is 10.3 Å². The Bertz CT molecular complexity index is 954. The fourth-order valence-electron chi connectivity index (χ4n) is 2.62. The third-order valence-corrected chi connectivity index (χ3v) is 4.13. The highest BCUT2D eigenvalue weighted by Gasteiger charge is 2.03. The van der Waals surface area contributed by atoms with Crippen LogP contribution in [-0.2, 0) is 17.9 Å². The third kappa shape index (κ3) is 5.77. The molecule has 1 aromatic heterocycles. The number of pyridine rings is 1. The number of allylic oxidation sites excluding steroid dienone is 1. The number of benzene rings is 2. The first-order chi connectivity index (χ1) is 13.6. The SMILES string of the molecule is C/C(=C/C(=O)NCc1cccc(OCc2ccccn2)c1)c1ccc(F)cc1. The molecule has 4 nitrogen and oxygen atoms in total. The Kier molecular flexibility index (Phi) is 6.52. The summed E-state index contributed by atoms with van der Waals surface area (Å²) in [5, 5.41) is 2.85. The predicted molar refractivity (Wildman–Crippen MR) is 107 cm³/mol. The number of hydrogen-bond donors (Lipinski definition) is 1. The van der Waals surface area contributed by atoms with Crippen LogP contribution >= 0.6 is 0 Å². The number of nitrogens with zero attached hydrogens (tertiary/aromatic N) is 1. The van der Waals surface area contributed by atoms with Crippen LogP contribution in [0.1, 0.15) is 23.7 Å². The van der Waals surface area contributed by atoms with Crippen molar-refractivity contribution in [3.05, 3.63) is 102 Å². The first-order valence-electron chi connectivity index (χ1n) is 8.94. The molecule has 0 radical (unpaired) electrons. The van der Waals surface area contributed by atoms with E-state index in [4.69, 9.17) is 4.74 Å². The molecule has 28 heavy (non-hydrogen) atoms. The Labute approximate surface area is 163 Å². The molecule has 1 N–H and O–H groups in total. The van der Waals surface area contributed by atoms with Gasteiger partial charge in [0.05, 0.1) is 5.69 Å². The van der Waals surface area contributed by atoms with E-state index in [1.54, 1.807) is 18.3 Å². The van der Waals surface area contributed by atoms with E-state index < -0.39 is 0 Å². The average molecular weight is 376 g/mol. The molecular formula is C23H21FN2O2. The molecule has 0 fully saturated rings. The van der Waals surface area contributed by atoms with E-state index >= 15 is 0 Å². The van der Waals surface area contributed by atoms with Crippen molar-refractivity contribution >= 4 is 11.5 Å². The number of halogens is 1. The van der Waals surface area contributed by atoms with Gasteiger partial charge in [-0.25, -0.2) is 4.39 Å². The summed E-state index contributed by atoms with van der Waals surface area (Å²) in [6.45, 7) is 2.59. The largest absolute Gasteiger partial charge is 0.487 e. The Morgan fingerprint density at radius 2 is 1.93 bits per heavy atom. The lowest BCUT2D eigenvalue weighted by molar-refractivity contribution is -0.116. The monoisotopic (exact) mass is 376 g/mol. The Balaban J connectivity index is 1.54. The zero-order valence-electron chi connectivity index (χ0n) is 15.6. The van der Waals surface area contributed by atoms with Gasteiger partial charge in [-0.1, -0.05) is 30.3 Å². The van der Waals surface area contributed by atoms with Gasteiger partial charge in [-0.05, 0) is 60.0 Å². The van der Waals surface area contributed by atoms with Crippen LogP contribution in [0.3, 0.4) is 0 Å². The summed E-state index contributed by atoms with van der Waals surface area (Å²) in [5.41, 5.74) is 3.36. The molecule has 0 atom stereocenters. The standard InChI is InChI=1S/C23H21FN2O2/c1-17(19-8-10-20(24)11-9-19)13-23(27)26-15-18-5-4-7-22(14-18)28-16-21-6-2-3-12-25-21/h2-14H,15-16H2,1H3,(H,26,27)/b17-13-. The normalized spacial score (nSPS) is 11.1. The summed E-state index contributed by atoms with van der Waals surface area (Å²) >= 11 is 0. The van der Waals surface area contributed by atoms with Gasteiger partial charge in [0.15, 0.2) is 0 Å². The summed E-state index contributed by atoms with van der Waals surface area (Å²) in [5.74, 6) is 0.211. The minimum atomic E-state index is -0.300. The van der Waals surface area contributed by atoms with Crippen LogP contribution in [0.15, 0.2) is 79.0 Å². The number of hydrogen-bond acceptors (Lipinski definition) is 3. The lowest BCUT2D eigenvalue weighted by Gasteiger charge is -2.08. The lowest BCUT2D eigenvalue weighted by Crippen LogP contribution is -2.20. The van der Waals surface area contributed by atoms with Crippen LogP contribution in [0.25, 0.3) is 5.57 Å². The minimum Gasteiger partial charge on any atom is -0.487 e. The maximum absolute atomic E-state index is 13.0. The summed E-state index contributed by atoms with van der Waals surface area (Å²) < 4.78 is 18.7. The quantitative estimate of drug-likeness (QED) is 0.617. The van der Waals surface area contributed by atoms with Crippen LogP contribution in [0, 0.1) is 5.82 Å². The maximum atomic E-state index is 13.0. The number of ether oxygens (including phenoxy) is 1. The first-order valence-corrected chi connectivity index (χ1v) is 8.94. The minimum absolute atomic E-state index is 0.207. The molecule has 3 rings (SSSR count). The lowest BCUT2D eigenvalue weighted by atomic mass is 10.1. The van der Waals surface area contributed by atoms with Gasteiger partial charge in [-0.3, -0.25) is 9.78 Å². The molecule has 0 aliphatic carbocycles. The molecule has 3 aromatic rings. The number of aromatic nitrogens is 1. The van der Waals surface area contributed by atoms with E-state index in [9.17, 15) is 9.18 Å². The zero-order chi connectivity index (χ0) is 19.8. The van der Waals surface area contributed by atoms with Crippen molar-refractivity contribution in [3.63, 3.8) is 0 Å². The smallest absolute Gasteiger partial charge is 0.244 e. The van der Waals surface area contributed by atoms with E-state index in [-0.39, 0.29) is 11.7 Å². The van der Waals surface area contributed by atoms with Crippen LogP contribution in [0.5, 0.6) is 5.75 Å². The highest BCUT2D eigenvalue weighted by molar-refractivity contribution is 5.94. The van der Waals surface area contributed by atoms with Crippen LogP contribution in [0.4, 0.5) is 4.39 Å². The highest BCUT2D eigenvalue weighted by Crippen LogP contribution is 2.16. The van der Waals surface area contributed by atoms with Gasteiger partial charge in [0.25, 0.3) is 0 Å². The second-order valence-corrected chi connectivity index (χ2v) is 6.31. The van der Waals surface area contributed by atoms with Gasteiger partial charge in [0, 0.05) is 18.8 Å². The van der Waals surface area contributed by atoms with Crippen molar-refractivity contribution in [2.75, 3.05) is 0 Å². The summed E-state index contributed by atoms with van der Waals surface area (Å²) in [6.07, 6.45) is 3.24. The Hall–Kier alpha value is -3.47. The van der Waals surface area contributed by atoms with Gasteiger partial charge < -0.3 is 10.1 Å². The molecule has 0 saturated carbocycles. The van der Waals surface area contributed by atoms with E-state index in [2.05, 4.69) is 10.3 Å². The van der Waals surface area contributed by atoms with Gasteiger partial charge in [-0.2, -0.15) is 0 Å².